The molecule has 1 aliphatic carbocycles. The Labute approximate surface area is 115 Å². The molecule has 0 spiro atoms. The monoisotopic (exact) mass is 282 g/mol. The van der Waals surface area contributed by atoms with Crippen LogP contribution in [0.15, 0.2) is 12.1 Å². The number of carboxylic acid groups (broad SMARTS) is 1. The predicted molar refractivity (Wildman–Crippen MR) is 67.7 cm³/mol. The number of carbonyl (C=O) groups excluding carboxylic acids is 1. The van der Waals surface area contributed by atoms with Crippen LogP contribution in [-0.4, -0.2) is 30.6 Å². The fraction of sp³-hybridized carbons (Fsp3) is 0.429. The van der Waals surface area contributed by atoms with Crippen LogP contribution in [0.4, 0.5) is 4.39 Å². The summed E-state index contributed by atoms with van der Waals surface area (Å²) in [6, 6.07) is 2.09. The maximum Gasteiger partial charge on any atom is 0.339 e. The van der Waals surface area contributed by atoms with E-state index in [9.17, 15) is 14.0 Å². The average molecular weight is 282 g/mol. The largest absolute Gasteiger partial charge is 0.496 e. The smallest absolute Gasteiger partial charge is 0.339 e. The van der Waals surface area contributed by atoms with Gasteiger partial charge in [0.15, 0.2) is 11.6 Å². The molecule has 1 aliphatic rings. The van der Waals surface area contributed by atoms with E-state index in [1.54, 1.807) is 6.92 Å². The van der Waals surface area contributed by atoms with Gasteiger partial charge in [-0.05, 0) is 12.8 Å². The molecule has 0 bridgehead atoms. The second-order valence-electron chi connectivity index (χ2n) is 5.21. The lowest BCUT2D eigenvalue weighted by molar-refractivity contribution is -0.124. The van der Waals surface area contributed by atoms with E-state index in [-0.39, 0.29) is 23.2 Å². The Morgan fingerprint density at radius 1 is 1.45 bits per heavy atom. The Kier molecular flexibility index (Phi) is 3.65. The molecule has 1 N–H and O–H groups in total. The normalized spacial score (nSPS) is 24.6. The molecule has 0 heterocycles. The van der Waals surface area contributed by atoms with E-state index in [1.807, 2.05) is 0 Å². The lowest BCUT2D eigenvalue weighted by atomic mass is 9.69. The number of ether oxygens (including phenoxy) is 2. The van der Waals surface area contributed by atoms with Crippen LogP contribution in [0.5, 0.6) is 11.5 Å². The number of aldehydes is 1. The molecule has 6 heteroatoms. The van der Waals surface area contributed by atoms with Gasteiger partial charge in [-0.15, -0.1) is 0 Å². The number of hydrogen-bond acceptors (Lipinski definition) is 4. The highest BCUT2D eigenvalue weighted by Gasteiger charge is 2.42. The van der Waals surface area contributed by atoms with Crippen molar-refractivity contribution < 1.29 is 28.6 Å². The molecule has 2 rings (SSSR count). The van der Waals surface area contributed by atoms with Gasteiger partial charge in [0.1, 0.15) is 23.7 Å². The molecule has 1 aromatic rings. The third kappa shape index (κ3) is 2.59. The first-order valence-electron chi connectivity index (χ1n) is 6.12. The van der Waals surface area contributed by atoms with Crippen LogP contribution in [-0.2, 0) is 4.79 Å². The van der Waals surface area contributed by atoms with Gasteiger partial charge in [-0.1, -0.05) is 6.92 Å². The van der Waals surface area contributed by atoms with Crippen LogP contribution in [0.1, 0.15) is 30.1 Å². The summed E-state index contributed by atoms with van der Waals surface area (Å²) in [5.74, 6) is -2.11. The maximum absolute atomic E-state index is 13.8. The molecule has 0 radical (unpaired) electrons. The molecule has 1 fully saturated rings. The zero-order valence-corrected chi connectivity index (χ0v) is 11.2. The minimum atomic E-state index is -1.22. The Morgan fingerprint density at radius 2 is 2.10 bits per heavy atom. The van der Waals surface area contributed by atoms with Gasteiger partial charge in [0, 0.05) is 17.5 Å². The highest BCUT2D eigenvalue weighted by atomic mass is 19.1. The van der Waals surface area contributed by atoms with E-state index in [0.29, 0.717) is 12.8 Å². The number of rotatable bonds is 5. The number of benzene rings is 1. The second kappa shape index (κ2) is 5.11. The van der Waals surface area contributed by atoms with Crippen LogP contribution >= 0.6 is 0 Å². The molecule has 0 aromatic heterocycles. The summed E-state index contributed by atoms with van der Waals surface area (Å²) >= 11 is 0. The number of halogens is 1. The van der Waals surface area contributed by atoms with Gasteiger partial charge in [0.2, 0.25) is 0 Å². The van der Waals surface area contributed by atoms with Crippen molar-refractivity contribution in [2.75, 3.05) is 7.11 Å². The Bertz CT molecular complexity index is 549. The molecular weight excluding hydrogens is 267 g/mol. The van der Waals surface area contributed by atoms with Crippen LogP contribution in [0.2, 0.25) is 0 Å². The van der Waals surface area contributed by atoms with E-state index in [4.69, 9.17) is 14.6 Å². The number of methoxy groups -OCH3 is 1. The zero-order chi connectivity index (χ0) is 14.9. The SMILES string of the molecule is COc1cc(F)c(OC2CC(C)(C=O)C2)cc1C(=O)O. The summed E-state index contributed by atoms with van der Waals surface area (Å²) in [7, 11) is 1.27. The van der Waals surface area contributed by atoms with Crippen molar-refractivity contribution in [2.45, 2.75) is 25.9 Å². The molecule has 1 aromatic carbocycles. The van der Waals surface area contributed by atoms with Gasteiger partial charge in [0.05, 0.1) is 7.11 Å². The van der Waals surface area contributed by atoms with E-state index < -0.39 is 17.2 Å². The van der Waals surface area contributed by atoms with Crippen LogP contribution in [0.3, 0.4) is 0 Å². The summed E-state index contributed by atoms with van der Waals surface area (Å²) in [5.41, 5.74) is -0.593. The average Bonchev–Trinajstić information content (AvgIpc) is 2.37. The van der Waals surface area contributed by atoms with Crippen LogP contribution in [0.25, 0.3) is 0 Å². The van der Waals surface area contributed by atoms with Crippen molar-refractivity contribution in [3.63, 3.8) is 0 Å². The van der Waals surface area contributed by atoms with Gasteiger partial charge in [-0.2, -0.15) is 0 Å². The molecule has 0 saturated heterocycles. The van der Waals surface area contributed by atoms with E-state index in [1.165, 1.54) is 7.11 Å². The zero-order valence-electron chi connectivity index (χ0n) is 11.2. The molecule has 1 saturated carbocycles. The summed E-state index contributed by atoms with van der Waals surface area (Å²) in [5, 5.41) is 9.03. The fourth-order valence-electron chi connectivity index (χ4n) is 2.30. The quantitative estimate of drug-likeness (QED) is 0.839. The first-order valence-corrected chi connectivity index (χ1v) is 6.12. The van der Waals surface area contributed by atoms with Crippen molar-refractivity contribution in [1.29, 1.82) is 0 Å². The molecule has 0 unspecified atom stereocenters. The molecule has 0 atom stereocenters. The number of hydrogen-bond donors (Lipinski definition) is 1. The molecule has 20 heavy (non-hydrogen) atoms. The Morgan fingerprint density at radius 3 is 2.60 bits per heavy atom. The summed E-state index contributed by atoms with van der Waals surface area (Å²) < 4.78 is 24.0. The van der Waals surface area contributed by atoms with Crippen molar-refractivity contribution in [3.05, 3.63) is 23.5 Å². The third-order valence-corrected chi connectivity index (χ3v) is 3.45. The maximum atomic E-state index is 13.8. The van der Waals surface area contributed by atoms with Crippen molar-refractivity contribution in [1.82, 2.24) is 0 Å². The highest BCUT2D eigenvalue weighted by Crippen LogP contribution is 2.41. The standard InChI is InChI=1S/C14H15FO5/c1-14(7-16)5-8(6-14)20-12-3-9(13(17)18)11(19-2)4-10(12)15/h3-4,7-8H,5-6H2,1-2H3,(H,17,18). The van der Waals surface area contributed by atoms with Gasteiger partial charge in [-0.25, -0.2) is 9.18 Å². The van der Waals surface area contributed by atoms with Crippen LogP contribution < -0.4 is 9.47 Å². The highest BCUT2D eigenvalue weighted by molar-refractivity contribution is 5.91. The van der Waals surface area contributed by atoms with Crippen molar-refractivity contribution in [2.24, 2.45) is 5.41 Å². The van der Waals surface area contributed by atoms with E-state index in [0.717, 1.165) is 18.4 Å². The van der Waals surface area contributed by atoms with Gasteiger partial charge >= 0.3 is 5.97 Å². The first-order chi connectivity index (χ1) is 9.38. The minimum absolute atomic E-state index is 0.0614. The predicted octanol–water partition coefficient (Wildman–Crippen LogP) is 2.28. The van der Waals surface area contributed by atoms with Gasteiger partial charge in [0.25, 0.3) is 0 Å². The molecule has 5 nitrogen and oxygen atoms in total. The van der Waals surface area contributed by atoms with E-state index >= 15 is 0 Å². The summed E-state index contributed by atoms with van der Waals surface area (Å²) in [6.07, 6.45) is 1.56. The third-order valence-electron chi connectivity index (χ3n) is 3.45. The lowest BCUT2D eigenvalue weighted by Gasteiger charge is -2.40. The summed E-state index contributed by atoms with van der Waals surface area (Å²) in [4.78, 5) is 21.8. The van der Waals surface area contributed by atoms with Gasteiger partial charge < -0.3 is 19.4 Å². The molecular formula is C14H15FO5. The first kappa shape index (κ1) is 14.3. The van der Waals surface area contributed by atoms with Crippen LogP contribution in [0, 0.1) is 11.2 Å². The molecule has 108 valence electrons. The number of carboxylic acids is 1. The van der Waals surface area contributed by atoms with E-state index in [2.05, 4.69) is 0 Å². The number of aromatic carboxylic acids is 1. The second-order valence-corrected chi connectivity index (χ2v) is 5.21. The fourth-order valence-corrected chi connectivity index (χ4v) is 2.30. The van der Waals surface area contributed by atoms with Crippen molar-refractivity contribution >= 4 is 12.3 Å². The van der Waals surface area contributed by atoms with Crippen molar-refractivity contribution in [3.8, 4) is 11.5 Å². The summed E-state index contributed by atoms with van der Waals surface area (Å²) in [6.45, 7) is 1.80. The molecule has 0 amide bonds. The number of carbonyl (C=O) groups is 2. The lowest BCUT2D eigenvalue weighted by Crippen LogP contribution is -2.43. The minimum Gasteiger partial charge on any atom is -0.496 e. The molecule has 0 aliphatic heterocycles. The van der Waals surface area contributed by atoms with Gasteiger partial charge in [-0.3, -0.25) is 0 Å². The Hall–Kier alpha value is -2.11. The topological polar surface area (TPSA) is 72.8 Å². The Balaban J connectivity index is 2.19.